The second-order valence-electron chi connectivity index (χ2n) is 3.64. The van der Waals surface area contributed by atoms with Crippen LogP contribution in [-0.2, 0) is 6.42 Å². The molecule has 5 heteroatoms. The fourth-order valence-corrected chi connectivity index (χ4v) is 2.89. The van der Waals surface area contributed by atoms with Crippen molar-refractivity contribution >= 4 is 22.4 Å². The van der Waals surface area contributed by atoms with Crippen molar-refractivity contribution in [2.45, 2.75) is 6.42 Å². The molecular weight excluding hydrogens is 220 g/mol. The highest BCUT2D eigenvalue weighted by atomic mass is 32.1. The minimum Gasteiger partial charge on any atom is -0.370 e. The Labute approximate surface area is 96.6 Å². The van der Waals surface area contributed by atoms with Gasteiger partial charge in [0.1, 0.15) is 0 Å². The van der Waals surface area contributed by atoms with Crippen LogP contribution in [0.2, 0.25) is 0 Å². The lowest BCUT2D eigenvalue weighted by molar-refractivity contribution is 1.30. The van der Waals surface area contributed by atoms with Gasteiger partial charge in [-0.15, -0.1) is 0 Å². The van der Waals surface area contributed by atoms with Crippen molar-refractivity contribution in [2.75, 3.05) is 0 Å². The summed E-state index contributed by atoms with van der Waals surface area (Å²) < 4.78 is 0. The van der Waals surface area contributed by atoms with Crippen molar-refractivity contribution in [3.63, 3.8) is 0 Å². The summed E-state index contributed by atoms with van der Waals surface area (Å²) in [6, 6.07) is 8.28. The number of hydrogen-bond acceptors (Lipinski definition) is 3. The Morgan fingerprint density at radius 1 is 1.31 bits per heavy atom. The predicted octanol–water partition coefficient (Wildman–Crippen LogP) is 1.62. The third-order valence-corrected chi connectivity index (χ3v) is 3.48. The number of thiazole rings is 1. The molecule has 1 aliphatic carbocycles. The van der Waals surface area contributed by atoms with Crippen LogP contribution in [-0.4, -0.2) is 10.9 Å². The fourth-order valence-electron chi connectivity index (χ4n) is 1.91. The summed E-state index contributed by atoms with van der Waals surface area (Å²) in [5.74, 6) is 0.0562. The zero-order valence-electron chi connectivity index (χ0n) is 8.47. The lowest BCUT2D eigenvalue weighted by atomic mass is 10.1. The van der Waals surface area contributed by atoms with Crippen molar-refractivity contribution in [3.8, 4) is 11.3 Å². The summed E-state index contributed by atoms with van der Waals surface area (Å²) in [6.45, 7) is 0. The lowest BCUT2D eigenvalue weighted by Gasteiger charge is -1.96. The molecule has 80 valence electrons. The van der Waals surface area contributed by atoms with Gasteiger partial charge in [0.05, 0.1) is 5.69 Å². The van der Waals surface area contributed by atoms with E-state index in [9.17, 15) is 0 Å². The number of benzene rings is 1. The molecule has 0 saturated carbocycles. The first kappa shape index (κ1) is 9.35. The maximum Gasteiger partial charge on any atom is 0.213 e. The zero-order valence-corrected chi connectivity index (χ0v) is 9.29. The highest BCUT2D eigenvalue weighted by Gasteiger charge is 2.22. The van der Waals surface area contributed by atoms with Gasteiger partial charge >= 0.3 is 0 Å². The highest BCUT2D eigenvalue weighted by Crippen LogP contribution is 2.41. The molecule has 0 aliphatic heterocycles. The topological polar surface area (TPSA) is 77.3 Å². The van der Waals surface area contributed by atoms with Crippen LogP contribution < -0.4 is 11.5 Å². The Balaban J connectivity index is 2.11. The van der Waals surface area contributed by atoms with Gasteiger partial charge in [-0.05, 0) is 5.56 Å². The molecule has 0 saturated heterocycles. The van der Waals surface area contributed by atoms with E-state index in [-0.39, 0.29) is 5.96 Å². The molecule has 1 aromatic carbocycles. The molecule has 0 radical (unpaired) electrons. The first-order valence-corrected chi connectivity index (χ1v) is 5.73. The quantitative estimate of drug-likeness (QED) is 0.492. The number of guanidine groups is 1. The van der Waals surface area contributed by atoms with E-state index in [2.05, 4.69) is 22.1 Å². The fraction of sp³-hybridized carbons (Fsp3) is 0.0909. The number of fused-ring (bicyclic) bond motifs is 3. The predicted molar refractivity (Wildman–Crippen MR) is 65.8 cm³/mol. The minimum absolute atomic E-state index is 0.0562. The molecule has 0 spiro atoms. The van der Waals surface area contributed by atoms with Crippen molar-refractivity contribution in [1.29, 1.82) is 0 Å². The molecule has 1 heterocycles. The molecule has 0 atom stereocenters. The Hall–Kier alpha value is -1.88. The van der Waals surface area contributed by atoms with E-state index in [4.69, 9.17) is 11.5 Å². The molecule has 16 heavy (non-hydrogen) atoms. The van der Waals surface area contributed by atoms with Crippen molar-refractivity contribution in [2.24, 2.45) is 16.5 Å². The summed E-state index contributed by atoms with van der Waals surface area (Å²) >= 11 is 1.55. The summed E-state index contributed by atoms with van der Waals surface area (Å²) in [7, 11) is 0. The second-order valence-corrected chi connectivity index (χ2v) is 4.70. The summed E-state index contributed by atoms with van der Waals surface area (Å²) in [6.07, 6.45) is 0.934. The molecule has 1 aliphatic rings. The number of aromatic nitrogens is 1. The Morgan fingerprint density at radius 3 is 2.94 bits per heavy atom. The van der Waals surface area contributed by atoms with E-state index in [0.717, 1.165) is 12.1 Å². The third kappa shape index (κ3) is 1.37. The van der Waals surface area contributed by atoms with E-state index >= 15 is 0 Å². The van der Waals surface area contributed by atoms with Gasteiger partial charge in [-0.1, -0.05) is 35.6 Å². The molecule has 0 fully saturated rings. The molecule has 1 aromatic heterocycles. The smallest absolute Gasteiger partial charge is 0.213 e. The Morgan fingerprint density at radius 2 is 2.12 bits per heavy atom. The number of nitrogens with zero attached hydrogens (tertiary/aromatic N) is 2. The average Bonchev–Trinajstić information content (AvgIpc) is 2.73. The molecule has 3 rings (SSSR count). The molecule has 4 N–H and O–H groups in total. The number of aliphatic imine (C=N–C) groups is 1. The molecule has 2 aromatic rings. The minimum atomic E-state index is 0.0562. The maximum atomic E-state index is 5.33. The molecule has 0 unspecified atom stereocenters. The Kier molecular flexibility index (Phi) is 1.94. The molecule has 0 bridgehead atoms. The van der Waals surface area contributed by atoms with E-state index in [1.54, 1.807) is 11.3 Å². The van der Waals surface area contributed by atoms with Gasteiger partial charge in [-0.25, -0.2) is 4.98 Å². The standard InChI is InChI=1S/C11H10N4S/c12-10(13)15-11-14-9-7-4-2-1-3-6(7)5-8(9)16-11/h1-4H,5H2,(H4,12,13,14,15). The van der Waals surface area contributed by atoms with E-state index in [0.29, 0.717) is 5.13 Å². The first-order chi connectivity index (χ1) is 7.74. The van der Waals surface area contributed by atoms with Crippen molar-refractivity contribution in [1.82, 2.24) is 4.98 Å². The number of hydrogen-bond donors (Lipinski definition) is 2. The van der Waals surface area contributed by atoms with Gasteiger partial charge in [0.2, 0.25) is 5.13 Å². The zero-order chi connectivity index (χ0) is 11.1. The number of rotatable bonds is 1. The van der Waals surface area contributed by atoms with Crippen LogP contribution in [0.1, 0.15) is 10.4 Å². The van der Waals surface area contributed by atoms with E-state index < -0.39 is 0 Å². The van der Waals surface area contributed by atoms with Gasteiger partial charge in [0, 0.05) is 16.9 Å². The molecule has 4 nitrogen and oxygen atoms in total. The van der Waals surface area contributed by atoms with Crippen LogP contribution in [0.3, 0.4) is 0 Å². The van der Waals surface area contributed by atoms with Gasteiger partial charge < -0.3 is 11.5 Å². The SMILES string of the molecule is NC(N)=Nc1nc2c(s1)Cc1ccccc1-2. The van der Waals surface area contributed by atoms with E-state index in [1.165, 1.54) is 16.0 Å². The maximum absolute atomic E-state index is 5.33. The third-order valence-electron chi connectivity index (χ3n) is 2.53. The van der Waals surface area contributed by atoms with Gasteiger partial charge in [-0.2, -0.15) is 4.99 Å². The van der Waals surface area contributed by atoms with Crippen LogP contribution in [0.5, 0.6) is 0 Å². The van der Waals surface area contributed by atoms with Crippen LogP contribution in [0.25, 0.3) is 11.3 Å². The van der Waals surface area contributed by atoms with Crippen molar-refractivity contribution < 1.29 is 0 Å². The second kappa shape index (κ2) is 3.31. The Bertz CT molecular complexity index is 581. The van der Waals surface area contributed by atoms with Gasteiger partial charge in [0.15, 0.2) is 5.96 Å². The summed E-state index contributed by atoms with van der Waals surface area (Å²) in [5, 5.41) is 0.638. The van der Waals surface area contributed by atoms with Gasteiger partial charge in [-0.3, -0.25) is 0 Å². The highest BCUT2D eigenvalue weighted by molar-refractivity contribution is 7.15. The van der Waals surface area contributed by atoms with E-state index in [1.807, 2.05) is 12.1 Å². The van der Waals surface area contributed by atoms with Crippen LogP contribution >= 0.6 is 11.3 Å². The molecule has 0 amide bonds. The number of nitrogens with two attached hydrogens (primary N) is 2. The van der Waals surface area contributed by atoms with Crippen LogP contribution in [0, 0.1) is 0 Å². The van der Waals surface area contributed by atoms with Crippen LogP contribution in [0.15, 0.2) is 29.3 Å². The van der Waals surface area contributed by atoms with Crippen LogP contribution in [0.4, 0.5) is 5.13 Å². The average molecular weight is 230 g/mol. The van der Waals surface area contributed by atoms with Gasteiger partial charge in [0.25, 0.3) is 0 Å². The largest absolute Gasteiger partial charge is 0.370 e. The first-order valence-electron chi connectivity index (χ1n) is 4.91. The summed E-state index contributed by atoms with van der Waals surface area (Å²) in [4.78, 5) is 9.66. The normalized spacial score (nSPS) is 12.0. The monoisotopic (exact) mass is 230 g/mol. The van der Waals surface area contributed by atoms with Crippen molar-refractivity contribution in [3.05, 3.63) is 34.7 Å². The lowest BCUT2D eigenvalue weighted by Crippen LogP contribution is -2.21. The molecular formula is C11H10N4S. The summed E-state index contributed by atoms with van der Waals surface area (Å²) in [5.41, 5.74) is 14.2.